The molecule has 186 valence electrons. The summed E-state index contributed by atoms with van der Waals surface area (Å²) < 4.78 is 72.6. The third-order valence-electron chi connectivity index (χ3n) is 4.91. The van der Waals surface area contributed by atoms with Crippen LogP contribution in [0.3, 0.4) is 0 Å². The SMILES string of the molecule is CC(C)CNC(=O)C1(c2ccc(NS(=O)(=O)c3ccccc3F)cc2)CC1.O=C(O)C(F)(F)F. The molecule has 0 saturated heterocycles. The van der Waals surface area contributed by atoms with E-state index in [1.165, 1.54) is 18.2 Å². The molecule has 0 unspecified atom stereocenters. The summed E-state index contributed by atoms with van der Waals surface area (Å²) in [6.07, 6.45) is -3.53. The van der Waals surface area contributed by atoms with Crippen LogP contribution in [-0.4, -0.2) is 38.1 Å². The van der Waals surface area contributed by atoms with Crippen molar-refractivity contribution in [2.45, 2.75) is 43.2 Å². The number of carboxylic acid groups (broad SMARTS) is 1. The molecule has 34 heavy (non-hydrogen) atoms. The van der Waals surface area contributed by atoms with Gasteiger partial charge in [-0.05, 0) is 48.6 Å². The van der Waals surface area contributed by atoms with Gasteiger partial charge in [0.15, 0.2) is 0 Å². The zero-order valence-electron chi connectivity index (χ0n) is 18.3. The molecule has 2 aromatic carbocycles. The lowest BCUT2D eigenvalue weighted by atomic mass is 9.94. The van der Waals surface area contributed by atoms with Crippen LogP contribution in [-0.2, 0) is 25.0 Å². The number of carboxylic acids is 1. The minimum atomic E-state index is -5.08. The van der Waals surface area contributed by atoms with Gasteiger partial charge in [0, 0.05) is 12.2 Å². The molecule has 1 aliphatic rings. The number of nitrogens with one attached hydrogen (secondary N) is 2. The number of carbonyl (C=O) groups excluding carboxylic acids is 1. The molecule has 3 rings (SSSR count). The average molecular weight is 505 g/mol. The van der Waals surface area contributed by atoms with Crippen molar-refractivity contribution >= 4 is 27.6 Å². The number of anilines is 1. The summed E-state index contributed by atoms with van der Waals surface area (Å²) in [5.74, 6) is -3.18. The largest absolute Gasteiger partial charge is 0.490 e. The fourth-order valence-corrected chi connectivity index (χ4v) is 4.11. The highest BCUT2D eigenvalue weighted by Gasteiger charge is 2.51. The lowest BCUT2D eigenvalue weighted by Gasteiger charge is -2.17. The van der Waals surface area contributed by atoms with Crippen LogP contribution < -0.4 is 10.0 Å². The Bertz CT molecular complexity index is 1130. The Balaban J connectivity index is 0.000000509. The monoisotopic (exact) mass is 504 g/mol. The molecule has 0 bridgehead atoms. The van der Waals surface area contributed by atoms with Crippen LogP contribution in [0.15, 0.2) is 53.4 Å². The molecule has 3 N–H and O–H groups in total. The third-order valence-corrected chi connectivity index (χ3v) is 6.33. The van der Waals surface area contributed by atoms with Gasteiger partial charge in [-0.2, -0.15) is 13.2 Å². The van der Waals surface area contributed by atoms with E-state index in [4.69, 9.17) is 9.90 Å². The van der Waals surface area contributed by atoms with Crippen LogP contribution in [0.4, 0.5) is 23.2 Å². The maximum atomic E-state index is 13.8. The van der Waals surface area contributed by atoms with E-state index in [0.29, 0.717) is 18.2 Å². The number of hydrogen-bond donors (Lipinski definition) is 3. The highest BCUT2D eigenvalue weighted by molar-refractivity contribution is 7.92. The summed E-state index contributed by atoms with van der Waals surface area (Å²) in [4.78, 5) is 21.0. The maximum absolute atomic E-state index is 13.8. The Hall–Kier alpha value is -3.15. The topological polar surface area (TPSA) is 113 Å². The van der Waals surface area contributed by atoms with Gasteiger partial charge < -0.3 is 10.4 Å². The van der Waals surface area contributed by atoms with Crippen molar-refractivity contribution in [1.29, 1.82) is 0 Å². The first-order chi connectivity index (χ1) is 15.7. The van der Waals surface area contributed by atoms with Crippen LogP contribution in [0.2, 0.25) is 0 Å². The lowest BCUT2D eigenvalue weighted by Crippen LogP contribution is -2.36. The smallest absolute Gasteiger partial charge is 0.475 e. The fraction of sp³-hybridized carbons (Fsp3) is 0.364. The number of halogens is 4. The Labute approximate surface area is 194 Å². The highest BCUT2D eigenvalue weighted by Crippen LogP contribution is 2.48. The Kier molecular flexibility index (Phi) is 8.30. The van der Waals surface area contributed by atoms with E-state index in [0.717, 1.165) is 24.5 Å². The van der Waals surface area contributed by atoms with Crippen molar-refractivity contribution in [3.8, 4) is 0 Å². The molecule has 0 aromatic heterocycles. The minimum absolute atomic E-state index is 0.0101. The van der Waals surface area contributed by atoms with Gasteiger partial charge in [-0.1, -0.05) is 38.1 Å². The lowest BCUT2D eigenvalue weighted by molar-refractivity contribution is -0.192. The minimum Gasteiger partial charge on any atom is -0.475 e. The van der Waals surface area contributed by atoms with E-state index in [9.17, 15) is 30.8 Å². The predicted molar refractivity (Wildman–Crippen MR) is 116 cm³/mol. The van der Waals surface area contributed by atoms with Gasteiger partial charge in [0.25, 0.3) is 10.0 Å². The first-order valence-electron chi connectivity index (χ1n) is 10.2. The van der Waals surface area contributed by atoms with Gasteiger partial charge >= 0.3 is 12.1 Å². The molecule has 1 saturated carbocycles. The van der Waals surface area contributed by atoms with Crippen molar-refractivity contribution in [2.75, 3.05) is 11.3 Å². The van der Waals surface area contributed by atoms with E-state index in [-0.39, 0.29) is 5.91 Å². The van der Waals surface area contributed by atoms with Crippen LogP contribution in [0.25, 0.3) is 0 Å². The molecule has 0 aliphatic heterocycles. The zero-order chi connectivity index (χ0) is 25.7. The van der Waals surface area contributed by atoms with Crippen molar-refractivity contribution in [2.24, 2.45) is 5.92 Å². The molecule has 1 fully saturated rings. The highest BCUT2D eigenvalue weighted by atomic mass is 32.2. The second-order valence-corrected chi connectivity index (χ2v) is 9.75. The number of carbonyl (C=O) groups is 2. The average Bonchev–Trinajstić information content (AvgIpc) is 3.54. The fourth-order valence-electron chi connectivity index (χ4n) is 2.97. The second kappa shape index (κ2) is 10.4. The number of hydrogen-bond acceptors (Lipinski definition) is 4. The first-order valence-corrected chi connectivity index (χ1v) is 11.6. The Morgan fingerprint density at radius 1 is 1.06 bits per heavy atom. The van der Waals surface area contributed by atoms with Gasteiger partial charge in [-0.15, -0.1) is 0 Å². The molecule has 7 nitrogen and oxygen atoms in total. The number of rotatable bonds is 7. The van der Waals surface area contributed by atoms with Gasteiger partial charge in [-0.25, -0.2) is 17.6 Å². The molecule has 0 radical (unpaired) electrons. The van der Waals surface area contributed by atoms with Gasteiger partial charge in [0.2, 0.25) is 5.91 Å². The molecule has 1 amide bonds. The van der Waals surface area contributed by atoms with Gasteiger partial charge in [0.05, 0.1) is 5.41 Å². The number of amides is 1. The zero-order valence-corrected chi connectivity index (χ0v) is 19.1. The molecule has 0 spiro atoms. The van der Waals surface area contributed by atoms with E-state index >= 15 is 0 Å². The van der Waals surface area contributed by atoms with Crippen LogP contribution in [0.1, 0.15) is 32.3 Å². The molecule has 12 heteroatoms. The normalized spacial score (nSPS) is 14.6. The summed E-state index contributed by atoms with van der Waals surface area (Å²) in [5, 5.41) is 10.1. The Morgan fingerprint density at radius 3 is 2.03 bits per heavy atom. The van der Waals surface area contributed by atoms with Crippen LogP contribution in [0, 0.1) is 11.7 Å². The standard InChI is InChI=1S/C20H23FN2O3S.C2HF3O2/c1-14(2)13-22-19(24)20(11-12-20)15-7-9-16(10-8-15)23-27(25,26)18-6-4-3-5-17(18)21;3-2(4,5)1(6)7/h3-10,14,23H,11-13H2,1-2H3,(H,22,24);(H,6,7). The number of aliphatic carboxylic acids is 1. The second-order valence-electron chi connectivity index (χ2n) is 8.10. The number of benzene rings is 2. The Morgan fingerprint density at radius 2 is 1.59 bits per heavy atom. The summed E-state index contributed by atoms with van der Waals surface area (Å²) in [5.41, 5.74) is 0.663. The maximum Gasteiger partial charge on any atom is 0.490 e. The molecular formula is C22H24F4N2O5S. The molecule has 1 aliphatic carbocycles. The van der Waals surface area contributed by atoms with Crippen molar-refractivity contribution in [3.05, 3.63) is 59.9 Å². The number of sulfonamides is 1. The first kappa shape index (κ1) is 27.1. The predicted octanol–water partition coefficient (Wildman–Crippen LogP) is 4.06. The van der Waals surface area contributed by atoms with Crippen LogP contribution in [0.5, 0.6) is 0 Å². The molecule has 0 atom stereocenters. The summed E-state index contributed by atoms with van der Waals surface area (Å²) in [6.45, 7) is 4.70. The van der Waals surface area contributed by atoms with E-state index in [2.05, 4.69) is 10.0 Å². The van der Waals surface area contributed by atoms with E-state index in [1.807, 2.05) is 13.8 Å². The van der Waals surface area contributed by atoms with Crippen molar-refractivity contribution < 1.29 is 40.7 Å². The van der Waals surface area contributed by atoms with Crippen LogP contribution >= 0.6 is 0 Å². The quantitative estimate of drug-likeness (QED) is 0.493. The molecule has 2 aromatic rings. The number of alkyl halides is 3. The molecule has 0 heterocycles. The summed E-state index contributed by atoms with van der Waals surface area (Å²) >= 11 is 0. The molecular weight excluding hydrogens is 480 g/mol. The van der Waals surface area contributed by atoms with Crippen molar-refractivity contribution in [3.63, 3.8) is 0 Å². The third kappa shape index (κ3) is 6.92. The van der Waals surface area contributed by atoms with E-state index < -0.39 is 38.3 Å². The van der Waals surface area contributed by atoms with Crippen molar-refractivity contribution in [1.82, 2.24) is 5.32 Å². The summed E-state index contributed by atoms with van der Waals surface area (Å²) in [7, 11) is -4.02. The van der Waals surface area contributed by atoms with Gasteiger partial charge in [0.1, 0.15) is 10.7 Å². The summed E-state index contributed by atoms with van der Waals surface area (Å²) in [6, 6.07) is 11.9. The van der Waals surface area contributed by atoms with E-state index in [1.54, 1.807) is 24.3 Å². The van der Waals surface area contributed by atoms with Gasteiger partial charge in [-0.3, -0.25) is 9.52 Å².